The summed E-state index contributed by atoms with van der Waals surface area (Å²) in [6.45, 7) is 2.22. The van der Waals surface area contributed by atoms with Crippen LogP contribution in [0, 0.1) is 0 Å². The van der Waals surface area contributed by atoms with Crippen molar-refractivity contribution in [1.29, 1.82) is 0 Å². The molecule has 0 unspecified atom stereocenters. The Labute approximate surface area is 70.4 Å². The molecule has 0 aromatic heterocycles. The minimum absolute atomic E-state index is 0.586. The number of fused-ring (bicyclic) bond motifs is 1. The first-order valence-electron chi connectivity index (χ1n) is 3.91. The van der Waals surface area contributed by atoms with Crippen LogP contribution < -0.4 is 0 Å². The molecule has 0 aliphatic carbocycles. The van der Waals surface area contributed by atoms with Crippen LogP contribution >= 0.6 is 0 Å². The molecule has 4 nitrogen and oxygen atoms in total. The van der Waals surface area contributed by atoms with Crippen molar-refractivity contribution in [3.8, 4) is 0 Å². The predicted octanol–water partition coefficient (Wildman–Crippen LogP) is 0.693. The minimum atomic E-state index is -0.862. The molecule has 1 N–H and O–H groups in total. The lowest BCUT2D eigenvalue weighted by atomic mass is 10.3. The summed E-state index contributed by atoms with van der Waals surface area (Å²) in [5.74, 6) is 0.810. The van der Waals surface area contributed by atoms with Crippen LogP contribution in [-0.4, -0.2) is 40.6 Å². The molecular weight excluding hydrogens is 156 g/mol. The van der Waals surface area contributed by atoms with Crippen molar-refractivity contribution < 1.29 is 9.90 Å². The number of rotatable bonds is 0. The van der Waals surface area contributed by atoms with Crippen molar-refractivity contribution in [3.05, 3.63) is 24.0 Å². The summed E-state index contributed by atoms with van der Waals surface area (Å²) >= 11 is 0. The molecule has 0 atom stereocenters. The highest BCUT2D eigenvalue weighted by atomic mass is 16.4. The Morgan fingerprint density at radius 1 is 1.50 bits per heavy atom. The Balaban J connectivity index is 2.25. The number of carbonyl (C=O) groups is 1. The Kier molecular flexibility index (Phi) is 1.53. The van der Waals surface area contributed by atoms with E-state index in [0.29, 0.717) is 6.54 Å². The zero-order valence-electron chi connectivity index (χ0n) is 6.60. The largest absolute Gasteiger partial charge is 0.465 e. The molecule has 2 aliphatic heterocycles. The van der Waals surface area contributed by atoms with E-state index in [9.17, 15) is 4.79 Å². The second-order valence-corrected chi connectivity index (χ2v) is 2.83. The Morgan fingerprint density at radius 3 is 3.08 bits per heavy atom. The molecule has 2 aliphatic rings. The van der Waals surface area contributed by atoms with Gasteiger partial charge in [0.05, 0.1) is 0 Å². The monoisotopic (exact) mass is 166 g/mol. The van der Waals surface area contributed by atoms with Gasteiger partial charge in [-0.2, -0.15) is 0 Å². The van der Waals surface area contributed by atoms with E-state index >= 15 is 0 Å². The molecular formula is C8H10N2O2. The first-order valence-corrected chi connectivity index (χ1v) is 3.91. The van der Waals surface area contributed by atoms with E-state index in [1.165, 1.54) is 4.90 Å². The van der Waals surface area contributed by atoms with Crippen LogP contribution in [0.5, 0.6) is 0 Å². The lowest BCUT2D eigenvalue weighted by Crippen LogP contribution is -2.28. The molecule has 2 heterocycles. The Bertz CT molecular complexity index is 270. The minimum Gasteiger partial charge on any atom is -0.465 e. The summed E-state index contributed by atoms with van der Waals surface area (Å²) in [6.07, 6.45) is 4.89. The summed E-state index contributed by atoms with van der Waals surface area (Å²) in [5, 5.41) is 8.79. The van der Waals surface area contributed by atoms with Crippen molar-refractivity contribution in [2.24, 2.45) is 0 Å². The molecule has 1 amide bonds. The van der Waals surface area contributed by atoms with Crippen LogP contribution in [0.4, 0.5) is 4.79 Å². The fraction of sp³-hybridized carbons (Fsp3) is 0.375. The quantitative estimate of drug-likeness (QED) is 0.576. The summed E-state index contributed by atoms with van der Waals surface area (Å²) in [5.41, 5.74) is 0. The van der Waals surface area contributed by atoms with Gasteiger partial charge < -0.3 is 10.0 Å². The van der Waals surface area contributed by atoms with Crippen molar-refractivity contribution in [3.63, 3.8) is 0 Å². The third-order valence-electron chi connectivity index (χ3n) is 2.13. The number of nitrogens with zero attached hydrogens (tertiary/aromatic N) is 2. The van der Waals surface area contributed by atoms with Gasteiger partial charge in [-0.15, -0.1) is 0 Å². The van der Waals surface area contributed by atoms with Gasteiger partial charge in [-0.3, -0.25) is 4.90 Å². The van der Waals surface area contributed by atoms with E-state index in [4.69, 9.17) is 5.11 Å². The van der Waals surface area contributed by atoms with Crippen LogP contribution in [0.15, 0.2) is 24.0 Å². The fourth-order valence-corrected chi connectivity index (χ4v) is 1.54. The average molecular weight is 166 g/mol. The van der Waals surface area contributed by atoms with Gasteiger partial charge in [0, 0.05) is 19.6 Å². The van der Waals surface area contributed by atoms with E-state index in [-0.39, 0.29) is 0 Å². The molecule has 0 aromatic carbocycles. The molecule has 0 spiro atoms. The van der Waals surface area contributed by atoms with E-state index in [0.717, 1.165) is 18.9 Å². The Morgan fingerprint density at radius 2 is 2.33 bits per heavy atom. The normalized spacial score (nSPS) is 20.8. The first kappa shape index (κ1) is 7.21. The zero-order valence-corrected chi connectivity index (χ0v) is 6.60. The molecule has 0 radical (unpaired) electrons. The molecule has 0 bridgehead atoms. The molecule has 1 fully saturated rings. The van der Waals surface area contributed by atoms with Gasteiger partial charge >= 0.3 is 6.09 Å². The van der Waals surface area contributed by atoms with E-state index in [1.54, 1.807) is 0 Å². The molecule has 0 saturated carbocycles. The van der Waals surface area contributed by atoms with Gasteiger partial charge in [-0.1, -0.05) is 12.2 Å². The molecule has 1 saturated heterocycles. The average Bonchev–Trinajstić information content (AvgIpc) is 2.47. The first-order chi connectivity index (χ1) is 5.79. The Hall–Kier alpha value is -1.45. The third kappa shape index (κ3) is 0.958. The third-order valence-corrected chi connectivity index (χ3v) is 2.13. The summed E-state index contributed by atoms with van der Waals surface area (Å²) in [4.78, 5) is 14.1. The second-order valence-electron chi connectivity index (χ2n) is 2.83. The highest BCUT2D eigenvalue weighted by Gasteiger charge is 2.28. The molecule has 0 aromatic rings. The van der Waals surface area contributed by atoms with Gasteiger partial charge in [0.2, 0.25) is 0 Å². The van der Waals surface area contributed by atoms with Crippen molar-refractivity contribution >= 4 is 6.09 Å². The zero-order chi connectivity index (χ0) is 8.55. The van der Waals surface area contributed by atoms with Crippen LogP contribution in [0.25, 0.3) is 0 Å². The van der Waals surface area contributed by atoms with Gasteiger partial charge in [0.1, 0.15) is 5.82 Å². The van der Waals surface area contributed by atoms with Crippen LogP contribution in [0.3, 0.4) is 0 Å². The van der Waals surface area contributed by atoms with Gasteiger partial charge in [-0.25, -0.2) is 4.79 Å². The molecule has 4 heteroatoms. The standard InChI is InChI=1S/C8H10N2O2/c11-8(12)10-6-5-9-4-2-1-3-7(9)10/h1-3H,4-6H2,(H,11,12). The number of hydrogen-bond acceptors (Lipinski definition) is 2. The summed E-state index contributed by atoms with van der Waals surface area (Å²) < 4.78 is 0. The van der Waals surface area contributed by atoms with E-state index in [2.05, 4.69) is 0 Å². The van der Waals surface area contributed by atoms with Gasteiger partial charge in [0.15, 0.2) is 0 Å². The second kappa shape index (κ2) is 2.55. The van der Waals surface area contributed by atoms with E-state index < -0.39 is 6.09 Å². The molecule has 64 valence electrons. The smallest absolute Gasteiger partial charge is 0.413 e. The van der Waals surface area contributed by atoms with Crippen molar-refractivity contribution in [1.82, 2.24) is 9.80 Å². The van der Waals surface area contributed by atoms with Crippen LogP contribution in [0.1, 0.15) is 0 Å². The number of allylic oxidation sites excluding steroid dienone is 2. The number of carboxylic acid groups (broad SMARTS) is 1. The lowest BCUT2D eigenvalue weighted by molar-refractivity contribution is 0.162. The highest BCUT2D eigenvalue weighted by Crippen LogP contribution is 2.20. The van der Waals surface area contributed by atoms with Crippen LogP contribution in [-0.2, 0) is 0 Å². The number of hydrogen-bond donors (Lipinski definition) is 1. The maximum atomic E-state index is 10.7. The SMILES string of the molecule is O=C(O)N1CCN2CC=CC=C21. The highest BCUT2D eigenvalue weighted by molar-refractivity contribution is 5.68. The molecule has 12 heavy (non-hydrogen) atoms. The molecule has 2 rings (SSSR count). The summed E-state index contributed by atoms with van der Waals surface area (Å²) in [6, 6.07) is 0. The predicted molar refractivity (Wildman–Crippen MR) is 43.5 cm³/mol. The lowest BCUT2D eigenvalue weighted by Gasteiger charge is -2.22. The van der Waals surface area contributed by atoms with Crippen molar-refractivity contribution in [2.45, 2.75) is 0 Å². The maximum Gasteiger partial charge on any atom is 0.413 e. The maximum absolute atomic E-state index is 10.7. The van der Waals surface area contributed by atoms with Gasteiger partial charge in [-0.05, 0) is 6.08 Å². The van der Waals surface area contributed by atoms with Crippen molar-refractivity contribution in [2.75, 3.05) is 19.6 Å². The summed E-state index contributed by atoms with van der Waals surface area (Å²) in [7, 11) is 0. The topological polar surface area (TPSA) is 43.8 Å². The fourth-order valence-electron chi connectivity index (χ4n) is 1.54. The van der Waals surface area contributed by atoms with E-state index in [1.807, 2.05) is 23.1 Å². The van der Waals surface area contributed by atoms with Crippen LogP contribution in [0.2, 0.25) is 0 Å². The van der Waals surface area contributed by atoms with Gasteiger partial charge in [0.25, 0.3) is 0 Å². The number of amides is 1.